The van der Waals surface area contributed by atoms with E-state index in [-0.39, 0.29) is 6.54 Å². The number of aromatic nitrogens is 1. The molecule has 4 nitrogen and oxygen atoms in total. The molecule has 0 atom stereocenters. The number of aryl methyl sites for hydroxylation is 2. The second kappa shape index (κ2) is 10.1. The lowest BCUT2D eigenvalue weighted by Gasteiger charge is -2.20. The van der Waals surface area contributed by atoms with E-state index in [1.165, 1.54) is 12.1 Å². The maximum atomic E-state index is 13.2. The van der Waals surface area contributed by atoms with E-state index in [1.54, 1.807) is 17.0 Å². The summed E-state index contributed by atoms with van der Waals surface area (Å²) in [5.41, 5.74) is 4.56. The van der Waals surface area contributed by atoms with Gasteiger partial charge in [0.1, 0.15) is 5.75 Å². The van der Waals surface area contributed by atoms with Crippen LogP contribution in [0.1, 0.15) is 36.1 Å². The minimum Gasteiger partial charge on any atom is -0.410 e. The highest BCUT2D eigenvalue weighted by atomic mass is 19.4. The molecule has 7 heteroatoms. The number of carbonyl (C=O) groups is 1. The SMILES string of the molecule is CCN(CC)C(=O)Oc1ccc2c(ccn2Cc2cccc(C(F)(F)F)c2)c1-c1cc(C)cc(C)c1. The van der Waals surface area contributed by atoms with Gasteiger partial charge in [-0.15, -0.1) is 0 Å². The number of carbonyl (C=O) groups excluding carboxylic acids is 1. The van der Waals surface area contributed by atoms with Crippen LogP contribution in [0.15, 0.2) is 66.9 Å². The molecular weight excluding hydrogens is 465 g/mol. The molecule has 1 amide bonds. The Kier molecular flexibility index (Phi) is 7.11. The van der Waals surface area contributed by atoms with Gasteiger partial charge in [0.2, 0.25) is 0 Å². The molecule has 1 aromatic heterocycles. The lowest BCUT2D eigenvalue weighted by molar-refractivity contribution is -0.137. The van der Waals surface area contributed by atoms with Gasteiger partial charge in [-0.2, -0.15) is 13.2 Å². The second-order valence-electron chi connectivity index (χ2n) is 8.93. The van der Waals surface area contributed by atoms with E-state index in [0.717, 1.165) is 39.2 Å². The van der Waals surface area contributed by atoms with E-state index in [1.807, 2.05) is 62.7 Å². The fourth-order valence-electron chi connectivity index (χ4n) is 4.58. The average molecular weight is 495 g/mol. The molecule has 4 rings (SSSR count). The maximum Gasteiger partial charge on any atom is 0.416 e. The molecular formula is C29H29F3N2O2. The molecule has 1 heterocycles. The van der Waals surface area contributed by atoms with Crippen molar-refractivity contribution < 1.29 is 22.7 Å². The summed E-state index contributed by atoms with van der Waals surface area (Å²) in [5.74, 6) is 0.446. The van der Waals surface area contributed by atoms with Gasteiger partial charge in [-0.05, 0) is 69.2 Å². The predicted molar refractivity (Wildman–Crippen MR) is 136 cm³/mol. The molecule has 188 valence electrons. The third-order valence-corrected chi connectivity index (χ3v) is 6.25. The number of amides is 1. The first-order chi connectivity index (χ1) is 17.1. The summed E-state index contributed by atoms with van der Waals surface area (Å²) >= 11 is 0. The summed E-state index contributed by atoms with van der Waals surface area (Å²) in [6.07, 6.45) is -2.96. The molecule has 0 spiro atoms. The molecule has 0 aliphatic heterocycles. The molecule has 0 N–H and O–H groups in total. The number of hydrogen-bond donors (Lipinski definition) is 0. The maximum absolute atomic E-state index is 13.2. The van der Waals surface area contributed by atoms with Gasteiger partial charge in [-0.25, -0.2) is 4.79 Å². The van der Waals surface area contributed by atoms with Crippen molar-refractivity contribution in [3.8, 4) is 16.9 Å². The van der Waals surface area contributed by atoms with Gasteiger partial charge in [-0.3, -0.25) is 0 Å². The zero-order valence-electron chi connectivity index (χ0n) is 20.8. The van der Waals surface area contributed by atoms with Crippen LogP contribution in [0, 0.1) is 13.8 Å². The number of hydrogen-bond acceptors (Lipinski definition) is 2. The molecule has 0 unspecified atom stereocenters. The highest BCUT2D eigenvalue weighted by Crippen LogP contribution is 2.39. The van der Waals surface area contributed by atoms with Crippen LogP contribution in [0.3, 0.4) is 0 Å². The lowest BCUT2D eigenvalue weighted by atomic mass is 9.97. The Morgan fingerprint density at radius 3 is 2.28 bits per heavy atom. The molecule has 4 aromatic rings. The van der Waals surface area contributed by atoms with E-state index in [4.69, 9.17) is 4.74 Å². The number of benzene rings is 3. The lowest BCUT2D eigenvalue weighted by Crippen LogP contribution is -2.33. The monoisotopic (exact) mass is 494 g/mol. The summed E-state index contributed by atoms with van der Waals surface area (Å²) in [5, 5.41) is 0.858. The minimum absolute atomic E-state index is 0.276. The van der Waals surface area contributed by atoms with Crippen molar-refractivity contribution in [3.63, 3.8) is 0 Å². The Labute approximate surface area is 208 Å². The Hall–Kier alpha value is -3.74. The van der Waals surface area contributed by atoms with Gasteiger partial charge >= 0.3 is 12.3 Å². The van der Waals surface area contributed by atoms with E-state index >= 15 is 0 Å². The largest absolute Gasteiger partial charge is 0.416 e. The molecule has 0 fully saturated rings. The molecule has 0 bridgehead atoms. The van der Waals surface area contributed by atoms with Crippen LogP contribution >= 0.6 is 0 Å². The molecule has 0 aliphatic rings. The van der Waals surface area contributed by atoms with Crippen LogP contribution in [0.2, 0.25) is 0 Å². The summed E-state index contributed by atoms with van der Waals surface area (Å²) in [4.78, 5) is 14.4. The topological polar surface area (TPSA) is 34.5 Å². The second-order valence-corrected chi connectivity index (χ2v) is 8.93. The number of alkyl halides is 3. The van der Waals surface area contributed by atoms with Crippen LogP contribution in [0.25, 0.3) is 22.0 Å². The van der Waals surface area contributed by atoms with Crippen molar-refractivity contribution in [1.29, 1.82) is 0 Å². The fourth-order valence-corrected chi connectivity index (χ4v) is 4.58. The van der Waals surface area contributed by atoms with Gasteiger partial charge in [0.05, 0.1) is 5.56 Å². The molecule has 0 aliphatic carbocycles. The summed E-state index contributed by atoms with van der Waals surface area (Å²) in [7, 11) is 0. The third-order valence-electron chi connectivity index (χ3n) is 6.25. The quantitative estimate of drug-likeness (QED) is 0.274. The van der Waals surface area contributed by atoms with E-state index < -0.39 is 17.8 Å². The van der Waals surface area contributed by atoms with Gasteiger partial charge in [0.25, 0.3) is 0 Å². The van der Waals surface area contributed by atoms with Crippen molar-refractivity contribution in [2.75, 3.05) is 13.1 Å². The van der Waals surface area contributed by atoms with Crippen LogP contribution in [-0.2, 0) is 12.7 Å². The number of ether oxygens (including phenoxy) is 1. The summed E-state index contributed by atoms with van der Waals surface area (Å²) < 4.78 is 47.4. The zero-order valence-corrected chi connectivity index (χ0v) is 20.8. The highest BCUT2D eigenvalue weighted by Gasteiger charge is 2.30. The van der Waals surface area contributed by atoms with Crippen LogP contribution in [-0.4, -0.2) is 28.6 Å². The highest BCUT2D eigenvalue weighted by molar-refractivity contribution is 6.00. The van der Waals surface area contributed by atoms with Gasteiger partial charge in [0.15, 0.2) is 0 Å². The first kappa shape index (κ1) is 25.4. The van der Waals surface area contributed by atoms with Crippen molar-refractivity contribution in [2.45, 2.75) is 40.4 Å². The molecule has 36 heavy (non-hydrogen) atoms. The third kappa shape index (κ3) is 5.25. The van der Waals surface area contributed by atoms with Crippen LogP contribution in [0.4, 0.5) is 18.0 Å². The van der Waals surface area contributed by atoms with Gasteiger partial charge in [0, 0.05) is 42.3 Å². The summed E-state index contributed by atoms with van der Waals surface area (Å²) in [6.45, 7) is 9.15. The van der Waals surface area contributed by atoms with Crippen LogP contribution in [0.5, 0.6) is 5.75 Å². The van der Waals surface area contributed by atoms with Gasteiger partial charge < -0.3 is 14.2 Å². The van der Waals surface area contributed by atoms with Crippen LogP contribution < -0.4 is 4.74 Å². The Morgan fingerprint density at radius 1 is 0.944 bits per heavy atom. The molecule has 0 saturated heterocycles. The van der Waals surface area contributed by atoms with Crippen molar-refractivity contribution in [2.24, 2.45) is 0 Å². The number of rotatable bonds is 6. The van der Waals surface area contributed by atoms with Crippen molar-refractivity contribution in [3.05, 3.63) is 89.1 Å². The van der Waals surface area contributed by atoms with E-state index in [0.29, 0.717) is 24.4 Å². The van der Waals surface area contributed by atoms with Crippen molar-refractivity contribution >= 4 is 17.0 Å². The Balaban J connectivity index is 1.82. The fraction of sp³-hybridized carbons (Fsp3) is 0.276. The minimum atomic E-state index is -4.39. The average Bonchev–Trinajstić information content (AvgIpc) is 3.21. The smallest absolute Gasteiger partial charge is 0.410 e. The molecule has 0 saturated carbocycles. The Bertz CT molecular complexity index is 1380. The standard InChI is InChI=1S/C29H29F3N2O2/c1-5-33(6-2)28(35)36-26-11-10-25-24(27(26)22-15-19(3)14-20(4)16-22)12-13-34(25)18-21-8-7-9-23(17-21)29(30,31)32/h7-17H,5-6,18H2,1-4H3. The van der Waals surface area contributed by atoms with E-state index in [9.17, 15) is 18.0 Å². The first-order valence-corrected chi connectivity index (χ1v) is 11.9. The molecule has 3 aromatic carbocycles. The van der Waals surface area contributed by atoms with Gasteiger partial charge in [-0.1, -0.05) is 41.5 Å². The predicted octanol–water partition coefficient (Wildman–Crippen LogP) is 7.83. The number of nitrogens with zero attached hydrogens (tertiary/aromatic N) is 2. The summed E-state index contributed by atoms with van der Waals surface area (Å²) in [6, 6.07) is 17.1. The van der Waals surface area contributed by atoms with E-state index in [2.05, 4.69) is 6.07 Å². The Morgan fingerprint density at radius 2 is 1.64 bits per heavy atom. The number of halogens is 3. The van der Waals surface area contributed by atoms with Crippen molar-refractivity contribution in [1.82, 2.24) is 9.47 Å². The molecule has 0 radical (unpaired) electrons. The normalized spacial score (nSPS) is 11.6. The number of fused-ring (bicyclic) bond motifs is 1. The zero-order chi connectivity index (χ0) is 26.0. The first-order valence-electron chi connectivity index (χ1n) is 11.9.